The minimum Gasteiger partial charge on any atom is -0.369 e. The molecule has 4 nitrogen and oxygen atoms in total. The first-order chi connectivity index (χ1) is 8.16. The highest BCUT2D eigenvalue weighted by atomic mass is 16.1. The van der Waals surface area contributed by atoms with Crippen LogP contribution >= 0.6 is 0 Å². The van der Waals surface area contributed by atoms with Crippen LogP contribution in [0.15, 0.2) is 35.3 Å². The van der Waals surface area contributed by atoms with Gasteiger partial charge in [-0.2, -0.15) is 0 Å². The fourth-order valence-electron chi connectivity index (χ4n) is 1.49. The number of primary amides is 1. The predicted octanol–water partition coefficient (Wildman–Crippen LogP) is 0.755. The van der Waals surface area contributed by atoms with E-state index in [0.29, 0.717) is 5.39 Å². The van der Waals surface area contributed by atoms with E-state index in [-0.39, 0.29) is 11.8 Å². The lowest BCUT2D eigenvalue weighted by atomic mass is 10.1. The zero-order valence-corrected chi connectivity index (χ0v) is 8.99. The molecule has 2 rings (SSSR count). The van der Waals surface area contributed by atoms with E-state index < -0.39 is 5.91 Å². The van der Waals surface area contributed by atoms with Crippen molar-refractivity contribution in [1.29, 1.82) is 0 Å². The average molecular weight is 226 g/mol. The zero-order valence-electron chi connectivity index (χ0n) is 8.99. The summed E-state index contributed by atoms with van der Waals surface area (Å²) in [4.78, 5) is 25.0. The molecule has 0 bridgehead atoms. The maximum absolute atomic E-state index is 11.5. The monoisotopic (exact) mass is 226 g/mol. The van der Waals surface area contributed by atoms with Gasteiger partial charge in [-0.15, -0.1) is 0 Å². The van der Waals surface area contributed by atoms with E-state index in [1.807, 2.05) is 0 Å². The molecule has 0 atom stereocenters. The number of rotatable bonds is 1. The van der Waals surface area contributed by atoms with Crippen molar-refractivity contribution in [1.82, 2.24) is 4.98 Å². The van der Waals surface area contributed by atoms with E-state index in [4.69, 9.17) is 5.73 Å². The molecule has 0 unspecified atom stereocenters. The first-order valence-electron chi connectivity index (χ1n) is 5.05. The standard InChI is InChI=1S/C13H10N2O2/c14-13(17)3-1-2-9-4-5-10-11(8-9)15-7-6-12(10)16/h4-8H,3H2,(H2,14,17)(H,15,16). The third-order valence-corrected chi connectivity index (χ3v) is 2.25. The Bertz CT molecular complexity index is 690. The first-order valence-corrected chi connectivity index (χ1v) is 5.05. The molecule has 0 spiro atoms. The molecule has 0 aliphatic rings. The fourth-order valence-corrected chi connectivity index (χ4v) is 1.49. The Morgan fingerprint density at radius 1 is 1.35 bits per heavy atom. The molecule has 1 amide bonds. The average Bonchev–Trinajstić information content (AvgIpc) is 2.29. The van der Waals surface area contributed by atoms with Crippen molar-refractivity contribution in [2.45, 2.75) is 6.42 Å². The minimum absolute atomic E-state index is 0.0311. The van der Waals surface area contributed by atoms with Gasteiger partial charge in [0.15, 0.2) is 5.43 Å². The summed E-state index contributed by atoms with van der Waals surface area (Å²) in [5.74, 6) is 5.03. The second-order valence-electron chi connectivity index (χ2n) is 3.55. The van der Waals surface area contributed by atoms with Gasteiger partial charge in [-0.3, -0.25) is 9.59 Å². The van der Waals surface area contributed by atoms with Crippen LogP contribution in [-0.2, 0) is 4.79 Å². The number of amides is 1. The molecule has 1 aromatic heterocycles. The normalized spacial score (nSPS) is 9.65. The summed E-state index contributed by atoms with van der Waals surface area (Å²) in [7, 11) is 0. The Morgan fingerprint density at radius 2 is 2.18 bits per heavy atom. The molecule has 4 heteroatoms. The van der Waals surface area contributed by atoms with E-state index in [2.05, 4.69) is 16.8 Å². The summed E-state index contributed by atoms with van der Waals surface area (Å²) < 4.78 is 0. The fraction of sp³-hybridized carbons (Fsp3) is 0.0769. The molecule has 84 valence electrons. The van der Waals surface area contributed by atoms with Gasteiger partial charge in [0.1, 0.15) is 0 Å². The number of H-pyrrole nitrogens is 1. The molecule has 3 N–H and O–H groups in total. The lowest BCUT2D eigenvalue weighted by molar-refractivity contribution is -0.117. The maximum atomic E-state index is 11.5. The Hall–Kier alpha value is -2.54. The number of aromatic amines is 1. The predicted molar refractivity (Wildman–Crippen MR) is 65.3 cm³/mol. The van der Waals surface area contributed by atoms with Gasteiger partial charge in [-0.05, 0) is 18.2 Å². The second kappa shape index (κ2) is 4.54. The summed E-state index contributed by atoms with van der Waals surface area (Å²) in [5, 5.41) is 0.618. The molecule has 1 aromatic carbocycles. The van der Waals surface area contributed by atoms with Crippen LogP contribution in [0.5, 0.6) is 0 Å². The quantitative estimate of drug-likeness (QED) is 0.704. The van der Waals surface area contributed by atoms with Crippen molar-refractivity contribution < 1.29 is 4.79 Å². The van der Waals surface area contributed by atoms with Gasteiger partial charge in [-0.1, -0.05) is 11.8 Å². The minimum atomic E-state index is -0.452. The summed E-state index contributed by atoms with van der Waals surface area (Å²) in [6.07, 6.45) is 1.62. The second-order valence-corrected chi connectivity index (χ2v) is 3.55. The number of nitrogens with one attached hydrogen (secondary N) is 1. The lowest BCUT2D eigenvalue weighted by Gasteiger charge is -1.97. The van der Waals surface area contributed by atoms with E-state index in [1.165, 1.54) is 6.07 Å². The molecular weight excluding hydrogens is 216 g/mol. The molecule has 0 radical (unpaired) electrons. The molecule has 0 aliphatic heterocycles. The lowest BCUT2D eigenvalue weighted by Crippen LogP contribution is -2.08. The highest BCUT2D eigenvalue weighted by molar-refractivity contribution is 5.80. The van der Waals surface area contributed by atoms with Crippen LogP contribution in [0.3, 0.4) is 0 Å². The van der Waals surface area contributed by atoms with E-state index >= 15 is 0 Å². The van der Waals surface area contributed by atoms with Crippen molar-refractivity contribution in [2.24, 2.45) is 5.73 Å². The number of carbonyl (C=O) groups is 1. The molecule has 1 heterocycles. The Labute approximate surface area is 97.5 Å². The van der Waals surface area contributed by atoms with Gasteiger partial charge >= 0.3 is 0 Å². The van der Waals surface area contributed by atoms with Crippen LogP contribution in [0.1, 0.15) is 12.0 Å². The van der Waals surface area contributed by atoms with Crippen LogP contribution in [0.25, 0.3) is 10.9 Å². The number of hydrogen-bond acceptors (Lipinski definition) is 2. The largest absolute Gasteiger partial charge is 0.369 e. The van der Waals surface area contributed by atoms with Crippen LogP contribution < -0.4 is 11.2 Å². The smallest absolute Gasteiger partial charge is 0.229 e. The van der Waals surface area contributed by atoms with Crippen LogP contribution in [0, 0.1) is 11.8 Å². The molecular formula is C13H10N2O2. The summed E-state index contributed by atoms with van der Waals surface area (Å²) in [6.45, 7) is 0. The number of nitrogens with two attached hydrogens (primary N) is 1. The van der Waals surface area contributed by atoms with Crippen LogP contribution in [0.4, 0.5) is 0 Å². The van der Waals surface area contributed by atoms with Crippen molar-refractivity contribution in [3.8, 4) is 11.8 Å². The van der Waals surface area contributed by atoms with Gasteiger partial charge in [0, 0.05) is 23.2 Å². The topological polar surface area (TPSA) is 76.0 Å². The summed E-state index contributed by atoms with van der Waals surface area (Å²) in [5.41, 5.74) is 6.41. The zero-order chi connectivity index (χ0) is 12.3. The van der Waals surface area contributed by atoms with Gasteiger partial charge in [0.2, 0.25) is 5.91 Å². The third-order valence-electron chi connectivity index (χ3n) is 2.25. The van der Waals surface area contributed by atoms with Crippen molar-refractivity contribution in [3.63, 3.8) is 0 Å². The third kappa shape index (κ3) is 2.52. The van der Waals surface area contributed by atoms with Gasteiger partial charge in [0.05, 0.1) is 11.9 Å². The number of aromatic nitrogens is 1. The Kier molecular flexibility index (Phi) is 2.93. The summed E-state index contributed by atoms with van der Waals surface area (Å²) >= 11 is 0. The van der Waals surface area contributed by atoms with Crippen molar-refractivity contribution in [3.05, 3.63) is 46.2 Å². The van der Waals surface area contributed by atoms with E-state index in [1.54, 1.807) is 24.4 Å². The maximum Gasteiger partial charge on any atom is 0.229 e. The van der Waals surface area contributed by atoms with Gasteiger partial charge < -0.3 is 10.7 Å². The van der Waals surface area contributed by atoms with Gasteiger partial charge in [0.25, 0.3) is 0 Å². The number of carbonyl (C=O) groups excluding carboxylic acids is 1. The first kappa shape index (κ1) is 11.0. The van der Waals surface area contributed by atoms with E-state index in [9.17, 15) is 9.59 Å². The molecule has 0 saturated heterocycles. The van der Waals surface area contributed by atoms with Crippen molar-refractivity contribution in [2.75, 3.05) is 0 Å². The van der Waals surface area contributed by atoms with Crippen LogP contribution in [0.2, 0.25) is 0 Å². The molecule has 17 heavy (non-hydrogen) atoms. The van der Waals surface area contributed by atoms with Crippen LogP contribution in [-0.4, -0.2) is 10.9 Å². The van der Waals surface area contributed by atoms with Crippen molar-refractivity contribution >= 4 is 16.8 Å². The highest BCUT2D eigenvalue weighted by Gasteiger charge is 1.97. The number of hydrogen-bond donors (Lipinski definition) is 2. The SMILES string of the molecule is NC(=O)CC#Cc1ccc2c(=O)cc[nH]c2c1. The molecule has 0 aliphatic carbocycles. The number of fused-ring (bicyclic) bond motifs is 1. The molecule has 0 fully saturated rings. The van der Waals surface area contributed by atoms with Gasteiger partial charge in [-0.25, -0.2) is 0 Å². The Morgan fingerprint density at radius 3 is 2.94 bits per heavy atom. The number of benzene rings is 1. The molecule has 0 saturated carbocycles. The number of pyridine rings is 1. The summed E-state index contributed by atoms with van der Waals surface area (Å²) in [6, 6.07) is 6.69. The molecule has 2 aromatic rings. The van der Waals surface area contributed by atoms with E-state index in [0.717, 1.165) is 11.1 Å². The Balaban J connectivity index is 2.41. The highest BCUT2D eigenvalue weighted by Crippen LogP contribution is 2.08.